The zero-order chi connectivity index (χ0) is 29.6. The van der Waals surface area contributed by atoms with Crippen molar-refractivity contribution in [1.29, 1.82) is 0 Å². The van der Waals surface area contributed by atoms with Gasteiger partial charge in [-0.2, -0.15) is 11.6 Å². The van der Waals surface area contributed by atoms with Crippen LogP contribution < -0.4 is 0 Å². The zero-order valence-electron chi connectivity index (χ0n) is 27.5. The van der Waals surface area contributed by atoms with Crippen LogP contribution in [-0.2, 0) is 24.8 Å². The minimum atomic E-state index is -2.10. The van der Waals surface area contributed by atoms with E-state index in [9.17, 15) is 0 Å². The Morgan fingerprint density at radius 1 is 1.15 bits per heavy atom. The molecule has 0 aromatic rings. The van der Waals surface area contributed by atoms with Gasteiger partial charge in [-0.15, -0.1) is 43.7 Å². The van der Waals surface area contributed by atoms with Gasteiger partial charge in [0, 0.05) is 41.6 Å². The van der Waals surface area contributed by atoms with Gasteiger partial charge in [-0.05, 0) is 54.0 Å². The van der Waals surface area contributed by atoms with Gasteiger partial charge < -0.3 is 21.1 Å². The van der Waals surface area contributed by atoms with Crippen LogP contribution in [0.1, 0.15) is 83.6 Å². The molecule has 9 atom stereocenters. The first-order chi connectivity index (χ1) is 20.1. The number of ether oxygens (including phenoxy) is 1. The normalized spacial score (nSPS) is 41.5. The third-order valence-electron chi connectivity index (χ3n) is 10.0. The van der Waals surface area contributed by atoms with Gasteiger partial charge in [0.2, 0.25) is 0 Å². The molecule has 40 heavy (non-hydrogen) atoms. The zero-order valence-corrected chi connectivity index (χ0v) is 27.7. The fourth-order valence-corrected chi connectivity index (χ4v) is 8.71. The smallest absolute Gasteiger partial charge is 0.171 e. The first-order valence-corrected chi connectivity index (χ1v) is 16.4. The molecule has 2 fully saturated rings. The number of fused-ring (bicyclic) bond motifs is 4. The summed E-state index contributed by atoms with van der Waals surface area (Å²) in [4.78, 5) is 6.04. The standard InChI is InChI=1S/C20H26N2OS.C14H21N.Ir/c1-11-10-24-16-8-9-21-18(17(11)16)15-5-3-4-13-14-7-6-12(2)22-20(14)23-19(13)15;1-10-4-6-13(7-5-10)14-8-11(2)12(3)9-15-14;/h5,8,11,13-14,17-18,20H,3-4,6-7,9-10H2,1-2H3;8,10-12H,4-6,9H2,1-3H3;/q2*-2;/t11?,13?,14?,17?,18-,20?;10-,11+,12-;/m01./s1/i2D3;;. The van der Waals surface area contributed by atoms with Gasteiger partial charge in [-0.1, -0.05) is 64.9 Å². The second-order valence-electron chi connectivity index (χ2n) is 13.0. The molecular formula is C34H47IrN3OS-4. The average molecular weight is 741 g/mol. The van der Waals surface area contributed by atoms with Gasteiger partial charge in [0.15, 0.2) is 6.23 Å². The van der Waals surface area contributed by atoms with Crippen molar-refractivity contribution in [2.45, 2.75) is 91.8 Å². The molecule has 5 aliphatic heterocycles. The molecule has 4 nitrogen and oxygen atoms in total. The quantitative estimate of drug-likeness (QED) is 0.266. The summed E-state index contributed by atoms with van der Waals surface area (Å²) in [5, 5.41) is 9.66. The van der Waals surface area contributed by atoms with Crippen molar-refractivity contribution in [3.8, 4) is 0 Å². The van der Waals surface area contributed by atoms with E-state index in [0.29, 0.717) is 47.6 Å². The molecule has 0 saturated carbocycles. The van der Waals surface area contributed by atoms with Gasteiger partial charge >= 0.3 is 0 Å². The monoisotopic (exact) mass is 741 g/mol. The van der Waals surface area contributed by atoms with Gasteiger partial charge in [-0.25, -0.2) is 12.0 Å². The van der Waals surface area contributed by atoms with Gasteiger partial charge in [0.05, 0.1) is 0 Å². The molecule has 0 aromatic carbocycles. The summed E-state index contributed by atoms with van der Waals surface area (Å²) < 4.78 is 29.4. The Balaban J connectivity index is 0.000000197. The van der Waals surface area contributed by atoms with Crippen molar-refractivity contribution in [3.05, 3.63) is 62.8 Å². The summed E-state index contributed by atoms with van der Waals surface area (Å²) >= 11 is 1.99. The Kier molecular flexibility index (Phi) is 8.76. The molecule has 0 bridgehead atoms. The first kappa shape index (κ1) is 26.7. The van der Waals surface area contributed by atoms with E-state index in [1.165, 1.54) is 40.3 Å². The molecule has 2 saturated heterocycles. The Morgan fingerprint density at radius 3 is 2.80 bits per heavy atom. The van der Waals surface area contributed by atoms with E-state index < -0.39 is 6.85 Å². The van der Waals surface area contributed by atoms with E-state index in [2.05, 4.69) is 62.7 Å². The van der Waals surface area contributed by atoms with E-state index in [4.69, 9.17) is 14.2 Å². The molecule has 5 unspecified atom stereocenters. The van der Waals surface area contributed by atoms with Crippen molar-refractivity contribution in [2.75, 3.05) is 18.8 Å². The van der Waals surface area contributed by atoms with Gasteiger partial charge in [-0.3, -0.25) is 11.1 Å². The van der Waals surface area contributed by atoms with Crippen molar-refractivity contribution < 1.29 is 29.0 Å². The van der Waals surface area contributed by atoms with E-state index in [1.54, 1.807) is 0 Å². The second-order valence-corrected chi connectivity index (χ2v) is 14.1. The van der Waals surface area contributed by atoms with Gasteiger partial charge in [0.1, 0.15) is 0 Å². The average Bonchev–Trinajstić information content (AvgIpc) is 3.55. The third-order valence-corrected chi connectivity index (χ3v) is 11.5. The van der Waals surface area contributed by atoms with Gasteiger partial charge in [0.25, 0.3) is 0 Å². The molecule has 0 N–H and O–H groups in total. The van der Waals surface area contributed by atoms with Crippen LogP contribution in [0.15, 0.2) is 44.7 Å². The molecule has 7 aliphatic rings. The largest absolute Gasteiger partial charge is 0.769 e. The van der Waals surface area contributed by atoms with Crippen molar-refractivity contribution in [3.63, 3.8) is 0 Å². The molecule has 0 aromatic heterocycles. The van der Waals surface area contributed by atoms with Crippen LogP contribution in [0, 0.1) is 53.9 Å². The number of thioether (sulfide) groups is 1. The van der Waals surface area contributed by atoms with Crippen LogP contribution in [-0.4, -0.2) is 36.8 Å². The molecule has 7 rings (SSSR count). The minimum Gasteiger partial charge on any atom is -0.769 e. The summed E-state index contributed by atoms with van der Waals surface area (Å²) in [6, 6.07) is 0.194. The number of allylic oxidation sites excluding steroid dienone is 4. The topological polar surface area (TPSA) is 49.8 Å². The maximum absolute atomic E-state index is 7.69. The number of hydrogen-bond acceptors (Lipinski definition) is 3. The summed E-state index contributed by atoms with van der Waals surface area (Å²) in [6.07, 6.45) is 17.4. The molecule has 1 radical (unpaired) electrons. The number of aliphatic imine (C=N–C) groups is 1. The number of hydrogen-bond donors (Lipinski definition) is 0. The van der Waals surface area contributed by atoms with Crippen molar-refractivity contribution in [1.82, 2.24) is 0 Å². The second kappa shape index (κ2) is 13.1. The van der Waals surface area contributed by atoms with Crippen molar-refractivity contribution in [2.24, 2.45) is 46.4 Å². The predicted octanol–water partition coefficient (Wildman–Crippen LogP) is 8.80. The predicted molar refractivity (Wildman–Crippen MR) is 164 cm³/mol. The molecular weight excluding hydrogens is 691 g/mol. The van der Waals surface area contributed by atoms with Crippen LogP contribution >= 0.6 is 11.8 Å². The molecule has 223 valence electrons. The summed E-state index contributed by atoms with van der Waals surface area (Å²) in [5.41, 5.74) is 4.23. The van der Waals surface area contributed by atoms with Crippen LogP contribution in [0.2, 0.25) is 0 Å². The molecule has 2 aliphatic carbocycles. The third kappa shape index (κ3) is 6.21. The SMILES string of the molecule is C[C@H]1C[C-]=C(C2=C[C@H](C)[C@H](C)C[N-]2)CC1.[2H]C([2H])([2H])C1=NC2OC3=C([C@@H]4[N-]CC=C5SCC(C)C54)[CH-]CCC3C2CC1.[Ir]. The summed E-state index contributed by atoms with van der Waals surface area (Å²) in [7, 11) is 0. The van der Waals surface area contributed by atoms with Crippen LogP contribution in [0.3, 0.4) is 0 Å². The van der Waals surface area contributed by atoms with E-state index in [1.807, 2.05) is 11.8 Å². The Hall–Kier alpha value is -0.941. The number of nitrogens with zero attached hydrogens (tertiary/aromatic N) is 3. The summed E-state index contributed by atoms with van der Waals surface area (Å²) in [6.45, 7) is 8.91. The molecule has 5 heterocycles. The molecule has 0 spiro atoms. The van der Waals surface area contributed by atoms with Crippen LogP contribution in [0.4, 0.5) is 0 Å². The minimum absolute atomic E-state index is 0. The maximum Gasteiger partial charge on any atom is 0.171 e. The van der Waals surface area contributed by atoms with E-state index in [0.717, 1.165) is 50.4 Å². The Morgan fingerprint density at radius 2 is 2.02 bits per heavy atom. The maximum atomic E-state index is 7.69. The van der Waals surface area contributed by atoms with Crippen molar-refractivity contribution >= 4 is 17.5 Å². The summed E-state index contributed by atoms with van der Waals surface area (Å²) in [5.74, 6) is 6.25. The van der Waals surface area contributed by atoms with Crippen LogP contribution in [0.25, 0.3) is 10.6 Å². The Bertz CT molecular complexity index is 1190. The number of rotatable bonds is 2. The van der Waals surface area contributed by atoms with E-state index >= 15 is 0 Å². The molecule has 0 amide bonds. The Labute approximate surface area is 265 Å². The first-order valence-electron chi connectivity index (χ1n) is 16.9. The fraction of sp³-hybridized carbons (Fsp3) is 0.706. The fourth-order valence-electron chi connectivity index (χ4n) is 7.30. The van der Waals surface area contributed by atoms with E-state index in [-0.39, 0.29) is 32.4 Å². The van der Waals surface area contributed by atoms with Crippen LogP contribution in [0.5, 0.6) is 0 Å². The molecule has 6 heteroatoms.